The van der Waals surface area contributed by atoms with Crippen molar-refractivity contribution >= 4 is 23.2 Å². The van der Waals surface area contributed by atoms with Crippen LogP contribution in [0.4, 0.5) is 4.39 Å². The average Bonchev–Trinajstić information content (AvgIpc) is 3.15. The highest BCUT2D eigenvalue weighted by Gasteiger charge is 2.19. The lowest BCUT2D eigenvalue weighted by Gasteiger charge is -2.08. The number of nitrogens with one attached hydrogen (secondary N) is 2. The molecule has 4 rings (SSSR count). The second-order valence-corrected chi connectivity index (χ2v) is 7.28. The van der Waals surface area contributed by atoms with Gasteiger partial charge in [0.05, 0.1) is 0 Å². The van der Waals surface area contributed by atoms with Gasteiger partial charge in [0.15, 0.2) is 5.65 Å². The summed E-state index contributed by atoms with van der Waals surface area (Å²) >= 11 is 6.12. The Morgan fingerprint density at radius 3 is 2.60 bits per heavy atom. The van der Waals surface area contributed by atoms with Crippen molar-refractivity contribution < 1.29 is 9.18 Å². The number of hydrogen-bond acceptors (Lipinski definition) is 3. The van der Waals surface area contributed by atoms with Crippen molar-refractivity contribution in [2.24, 2.45) is 0 Å². The number of aryl methyl sites for hydroxylation is 1. The fraction of sp³-hybridized carbons (Fsp3) is 0.136. The molecule has 0 aliphatic carbocycles. The molecule has 0 fully saturated rings. The first-order valence-corrected chi connectivity index (χ1v) is 9.68. The molecule has 0 bridgehead atoms. The first-order chi connectivity index (χ1) is 14.5. The minimum absolute atomic E-state index is 0.111. The predicted octanol–water partition coefficient (Wildman–Crippen LogP) is 3.64. The van der Waals surface area contributed by atoms with Crippen molar-refractivity contribution in [3.05, 3.63) is 104 Å². The number of amides is 1. The fourth-order valence-electron chi connectivity index (χ4n) is 3.27. The molecule has 2 aromatic heterocycles. The van der Waals surface area contributed by atoms with Crippen LogP contribution in [0, 0.1) is 12.7 Å². The molecular weight excluding hydrogens is 407 g/mol. The number of carbonyl (C=O) groups is 1. The van der Waals surface area contributed by atoms with E-state index in [-0.39, 0.29) is 41.5 Å². The van der Waals surface area contributed by atoms with E-state index in [9.17, 15) is 14.0 Å². The van der Waals surface area contributed by atoms with Crippen LogP contribution in [0.3, 0.4) is 0 Å². The maximum absolute atomic E-state index is 14.0. The van der Waals surface area contributed by atoms with Gasteiger partial charge < -0.3 is 5.32 Å². The maximum atomic E-state index is 14.0. The second kappa shape index (κ2) is 8.12. The predicted molar refractivity (Wildman–Crippen MR) is 112 cm³/mol. The standard InChI is InChI=1S/C22H18ClFN4O2/c1-13-16(10-14-6-3-5-9-19(14)24)22(30)28-20(27-13)17(12-26-28)21(29)25-11-15-7-2-4-8-18(15)23/h2-9,12,26H,10-11H2,1H3,(H,25,29). The summed E-state index contributed by atoms with van der Waals surface area (Å²) in [6.45, 7) is 1.92. The molecule has 152 valence electrons. The molecule has 0 atom stereocenters. The number of fused-ring (bicyclic) bond motifs is 1. The zero-order valence-corrected chi connectivity index (χ0v) is 16.8. The van der Waals surface area contributed by atoms with E-state index in [0.29, 0.717) is 21.8 Å². The fourth-order valence-corrected chi connectivity index (χ4v) is 3.47. The normalized spacial score (nSPS) is 11.0. The van der Waals surface area contributed by atoms with Crippen molar-refractivity contribution in [3.8, 4) is 0 Å². The van der Waals surface area contributed by atoms with Gasteiger partial charge in [-0.25, -0.2) is 13.9 Å². The molecule has 2 aromatic carbocycles. The lowest BCUT2D eigenvalue weighted by molar-refractivity contribution is 0.0952. The monoisotopic (exact) mass is 424 g/mol. The van der Waals surface area contributed by atoms with E-state index in [1.807, 2.05) is 18.2 Å². The Morgan fingerprint density at radius 2 is 1.87 bits per heavy atom. The number of H-pyrrole nitrogens is 1. The van der Waals surface area contributed by atoms with Gasteiger partial charge in [-0.3, -0.25) is 14.7 Å². The second-order valence-electron chi connectivity index (χ2n) is 6.87. The van der Waals surface area contributed by atoms with Gasteiger partial charge >= 0.3 is 0 Å². The number of halogens is 2. The SMILES string of the molecule is Cc1nc2c(C(=O)NCc3ccccc3Cl)c[nH]n2c(=O)c1Cc1ccccc1F. The number of benzene rings is 2. The Labute approximate surface area is 176 Å². The van der Waals surface area contributed by atoms with Gasteiger partial charge in [-0.1, -0.05) is 48.0 Å². The van der Waals surface area contributed by atoms with Crippen LogP contribution in [0.15, 0.2) is 59.5 Å². The lowest BCUT2D eigenvalue weighted by Crippen LogP contribution is -2.25. The van der Waals surface area contributed by atoms with Crippen LogP contribution < -0.4 is 10.9 Å². The van der Waals surface area contributed by atoms with Crippen LogP contribution >= 0.6 is 11.6 Å². The number of aromatic nitrogens is 3. The number of nitrogens with zero attached hydrogens (tertiary/aromatic N) is 2. The molecule has 6 nitrogen and oxygen atoms in total. The van der Waals surface area contributed by atoms with Gasteiger partial charge in [0, 0.05) is 35.4 Å². The quantitative estimate of drug-likeness (QED) is 0.513. The highest BCUT2D eigenvalue weighted by atomic mass is 35.5. The van der Waals surface area contributed by atoms with E-state index in [2.05, 4.69) is 15.4 Å². The molecule has 0 aliphatic heterocycles. The van der Waals surface area contributed by atoms with Gasteiger partial charge in [-0.2, -0.15) is 0 Å². The molecule has 0 aliphatic rings. The van der Waals surface area contributed by atoms with Crippen molar-refractivity contribution in [2.45, 2.75) is 19.9 Å². The summed E-state index contributed by atoms with van der Waals surface area (Å²) in [5.74, 6) is -0.769. The molecule has 2 heterocycles. The molecule has 1 amide bonds. The molecular formula is C22H18ClFN4O2. The smallest absolute Gasteiger partial charge is 0.276 e. The summed E-state index contributed by atoms with van der Waals surface area (Å²) in [4.78, 5) is 30.1. The molecule has 0 unspecified atom stereocenters. The van der Waals surface area contributed by atoms with E-state index >= 15 is 0 Å². The average molecular weight is 425 g/mol. The Kier molecular flexibility index (Phi) is 5.37. The summed E-state index contributed by atoms with van der Waals surface area (Å²) in [6.07, 6.45) is 1.54. The van der Waals surface area contributed by atoms with Crippen molar-refractivity contribution in [1.82, 2.24) is 19.9 Å². The Morgan fingerprint density at radius 1 is 1.17 bits per heavy atom. The van der Waals surface area contributed by atoms with Crippen LogP contribution in [0.25, 0.3) is 5.65 Å². The molecule has 0 radical (unpaired) electrons. The van der Waals surface area contributed by atoms with Gasteiger partial charge in [-0.15, -0.1) is 0 Å². The van der Waals surface area contributed by atoms with Crippen LogP contribution in [0.5, 0.6) is 0 Å². The van der Waals surface area contributed by atoms with Crippen molar-refractivity contribution in [3.63, 3.8) is 0 Å². The number of carbonyl (C=O) groups excluding carboxylic acids is 1. The first kappa shape index (κ1) is 19.8. The van der Waals surface area contributed by atoms with E-state index in [1.54, 1.807) is 31.2 Å². The van der Waals surface area contributed by atoms with Gasteiger partial charge in [0.1, 0.15) is 11.4 Å². The van der Waals surface area contributed by atoms with Gasteiger partial charge in [0.25, 0.3) is 11.5 Å². The number of aromatic amines is 1. The van der Waals surface area contributed by atoms with E-state index < -0.39 is 0 Å². The number of hydrogen-bond donors (Lipinski definition) is 2. The lowest BCUT2D eigenvalue weighted by atomic mass is 10.0. The summed E-state index contributed by atoms with van der Waals surface area (Å²) in [5, 5.41) is 6.12. The van der Waals surface area contributed by atoms with Gasteiger partial charge in [0.2, 0.25) is 0 Å². The molecule has 4 aromatic rings. The van der Waals surface area contributed by atoms with Crippen LogP contribution in [0.2, 0.25) is 5.02 Å². The van der Waals surface area contributed by atoms with E-state index in [0.717, 1.165) is 5.56 Å². The van der Waals surface area contributed by atoms with E-state index in [4.69, 9.17) is 11.6 Å². The molecule has 8 heteroatoms. The third kappa shape index (κ3) is 3.71. The van der Waals surface area contributed by atoms with Gasteiger partial charge in [-0.05, 0) is 30.2 Å². The third-order valence-corrected chi connectivity index (χ3v) is 5.30. The molecule has 0 spiro atoms. The topological polar surface area (TPSA) is 79.3 Å². The Balaban J connectivity index is 1.64. The summed E-state index contributed by atoms with van der Waals surface area (Å²) in [6, 6.07) is 13.5. The van der Waals surface area contributed by atoms with Crippen LogP contribution in [-0.2, 0) is 13.0 Å². The van der Waals surface area contributed by atoms with E-state index in [1.165, 1.54) is 16.8 Å². The number of rotatable bonds is 5. The largest absolute Gasteiger partial charge is 0.348 e. The summed E-state index contributed by atoms with van der Waals surface area (Å²) in [7, 11) is 0. The minimum Gasteiger partial charge on any atom is -0.348 e. The minimum atomic E-state index is -0.387. The zero-order chi connectivity index (χ0) is 21.3. The third-order valence-electron chi connectivity index (χ3n) is 4.93. The Hall–Kier alpha value is -3.45. The molecule has 0 saturated heterocycles. The van der Waals surface area contributed by atoms with Crippen molar-refractivity contribution in [2.75, 3.05) is 0 Å². The summed E-state index contributed by atoms with van der Waals surface area (Å²) < 4.78 is 15.2. The molecule has 30 heavy (non-hydrogen) atoms. The highest BCUT2D eigenvalue weighted by molar-refractivity contribution is 6.31. The maximum Gasteiger partial charge on any atom is 0.276 e. The van der Waals surface area contributed by atoms with Crippen LogP contribution in [-0.4, -0.2) is 20.5 Å². The molecule has 2 N–H and O–H groups in total. The first-order valence-electron chi connectivity index (χ1n) is 9.30. The van der Waals surface area contributed by atoms with Crippen LogP contribution in [0.1, 0.15) is 32.7 Å². The zero-order valence-electron chi connectivity index (χ0n) is 16.1. The molecule has 0 saturated carbocycles. The summed E-state index contributed by atoms with van der Waals surface area (Å²) in [5.41, 5.74) is 2.08. The Bertz CT molecular complexity index is 1310. The highest BCUT2D eigenvalue weighted by Crippen LogP contribution is 2.16. The van der Waals surface area contributed by atoms with Crippen molar-refractivity contribution in [1.29, 1.82) is 0 Å².